The molecular weight excluding hydrogens is 223 g/mol. The normalized spacial score (nSPS) is 26.1. The third kappa shape index (κ3) is 6.85. The Morgan fingerprint density at radius 2 is 1.79 bits per heavy atom. The lowest BCUT2D eigenvalue weighted by molar-refractivity contribution is 0.191. The molecule has 88 valence electrons. The van der Waals surface area contributed by atoms with Crippen molar-refractivity contribution >= 4 is 24.8 Å². The molecule has 0 spiro atoms. The summed E-state index contributed by atoms with van der Waals surface area (Å²) in [5.41, 5.74) is 5.80. The molecule has 0 amide bonds. The number of hydrogen-bond donors (Lipinski definition) is 2. The van der Waals surface area contributed by atoms with Gasteiger partial charge in [-0.1, -0.05) is 0 Å². The van der Waals surface area contributed by atoms with Crippen LogP contribution in [0.5, 0.6) is 0 Å². The maximum absolute atomic E-state index is 5.80. The van der Waals surface area contributed by atoms with Gasteiger partial charge in [-0.2, -0.15) is 0 Å². The van der Waals surface area contributed by atoms with Gasteiger partial charge in [0.25, 0.3) is 0 Å². The maximum Gasteiger partial charge on any atom is 0.0587 e. The van der Waals surface area contributed by atoms with Crippen LogP contribution in [-0.4, -0.2) is 32.3 Å². The molecule has 0 saturated heterocycles. The Morgan fingerprint density at radius 3 is 2.29 bits per heavy atom. The zero-order chi connectivity index (χ0) is 8.81. The van der Waals surface area contributed by atoms with E-state index in [2.05, 4.69) is 5.32 Å². The molecule has 0 unspecified atom stereocenters. The van der Waals surface area contributed by atoms with Gasteiger partial charge in [-0.15, -0.1) is 24.8 Å². The average Bonchev–Trinajstić information content (AvgIpc) is 2.09. The van der Waals surface area contributed by atoms with Crippen LogP contribution < -0.4 is 11.1 Å². The standard InChI is InChI=1S/C9H20N2O.2ClH/c1-12-7-6-11-9-4-2-8(10)3-5-9;;/h8-9,11H,2-7,10H2,1H3;2*1H. The van der Waals surface area contributed by atoms with E-state index in [1.54, 1.807) is 7.11 Å². The molecule has 1 rings (SSSR count). The minimum atomic E-state index is 0. The number of hydrogen-bond acceptors (Lipinski definition) is 3. The van der Waals surface area contributed by atoms with Gasteiger partial charge in [0.1, 0.15) is 0 Å². The molecule has 0 aromatic carbocycles. The van der Waals surface area contributed by atoms with Crippen LogP contribution in [0.25, 0.3) is 0 Å². The minimum Gasteiger partial charge on any atom is -0.383 e. The van der Waals surface area contributed by atoms with Gasteiger partial charge in [0.2, 0.25) is 0 Å². The summed E-state index contributed by atoms with van der Waals surface area (Å²) in [6, 6.07) is 1.13. The first-order valence-corrected chi connectivity index (χ1v) is 4.81. The highest BCUT2D eigenvalue weighted by molar-refractivity contribution is 5.85. The van der Waals surface area contributed by atoms with E-state index < -0.39 is 0 Å². The molecule has 0 aliphatic heterocycles. The molecule has 1 fully saturated rings. The largest absolute Gasteiger partial charge is 0.383 e. The fourth-order valence-corrected chi connectivity index (χ4v) is 1.69. The Balaban J connectivity index is 0. The van der Waals surface area contributed by atoms with Gasteiger partial charge in [-0.05, 0) is 25.7 Å². The molecule has 0 radical (unpaired) electrons. The molecule has 0 aromatic rings. The Morgan fingerprint density at radius 1 is 1.21 bits per heavy atom. The number of methoxy groups -OCH3 is 1. The van der Waals surface area contributed by atoms with Crippen molar-refractivity contribution in [3.8, 4) is 0 Å². The molecule has 0 atom stereocenters. The van der Waals surface area contributed by atoms with E-state index in [0.29, 0.717) is 12.1 Å². The SMILES string of the molecule is COCCNC1CCC(N)CC1.Cl.Cl. The lowest BCUT2D eigenvalue weighted by Gasteiger charge is -2.26. The highest BCUT2D eigenvalue weighted by Gasteiger charge is 2.17. The molecule has 3 nitrogen and oxygen atoms in total. The van der Waals surface area contributed by atoms with E-state index in [1.807, 2.05) is 0 Å². The first kappa shape index (κ1) is 16.9. The topological polar surface area (TPSA) is 47.3 Å². The molecule has 1 aliphatic carbocycles. The average molecular weight is 245 g/mol. The number of halogens is 2. The third-order valence-corrected chi connectivity index (χ3v) is 2.51. The second kappa shape index (κ2) is 9.99. The number of ether oxygens (including phenoxy) is 1. The van der Waals surface area contributed by atoms with Crippen molar-refractivity contribution in [1.29, 1.82) is 0 Å². The predicted molar refractivity (Wildman–Crippen MR) is 64.6 cm³/mol. The van der Waals surface area contributed by atoms with E-state index in [1.165, 1.54) is 25.7 Å². The zero-order valence-electron chi connectivity index (χ0n) is 8.70. The Kier molecular flexibility index (Phi) is 12.0. The highest BCUT2D eigenvalue weighted by Crippen LogP contribution is 2.16. The van der Waals surface area contributed by atoms with Crippen molar-refractivity contribution in [2.24, 2.45) is 5.73 Å². The van der Waals surface area contributed by atoms with Gasteiger partial charge >= 0.3 is 0 Å². The van der Waals surface area contributed by atoms with Crippen molar-refractivity contribution in [3.05, 3.63) is 0 Å². The monoisotopic (exact) mass is 244 g/mol. The molecule has 1 saturated carbocycles. The molecule has 3 N–H and O–H groups in total. The Bertz CT molecular complexity index is 119. The zero-order valence-corrected chi connectivity index (χ0v) is 10.3. The second-order valence-corrected chi connectivity index (χ2v) is 3.56. The van der Waals surface area contributed by atoms with Crippen LogP contribution in [-0.2, 0) is 4.74 Å². The molecule has 0 bridgehead atoms. The molecule has 1 aliphatic rings. The van der Waals surface area contributed by atoms with Crippen molar-refractivity contribution in [2.45, 2.75) is 37.8 Å². The third-order valence-electron chi connectivity index (χ3n) is 2.51. The van der Waals surface area contributed by atoms with Crippen LogP contribution in [0.3, 0.4) is 0 Å². The van der Waals surface area contributed by atoms with Crippen molar-refractivity contribution in [2.75, 3.05) is 20.3 Å². The summed E-state index contributed by atoms with van der Waals surface area (Å²) in [5, 5.41) is 3.46. The van der Waals surface area contributed by atoms with Gasteiger partial charge in [0.15, 0.2) is 0 Å². The van der Waals surface area contributed by atoms with E-state index in [4.69, 9.17) is 10.5 Å². The number of nitrogens with one attached hydrogen (secondary N) is 1. The Hall–Kier alpha value is 0.460. The van der Waals surface area contributed by atoms with Crippen molar-refractivity contribution in [1.82, 2.24) is 5.32 Å². The van der Waals surface area contributed by atoms with E-state index in [9.17, 15) is 0 Å². The van der Waals surface area contributed by atoms with Crippen LogP contribution in [0, 0.1) is 0 Å². The lowest BCUT2D eigenvalue weighted by atomic mass is 9.92. The Labute approximate surface area is 99.0 Å². The number of rotatable bonds is 4. The van der Waals surface area contributed by atoms with E-state index in [0.717, 1.165) is 13.2 Å². The lowest BCUT2D eigenvalue weighted by Crippen LogP contribution is -2.38. The fourth-order valence-electron chi connectivity index (χ4n) is 1.69. The van der Waals surface area contributed by atoms with Gasteiger partial charge in [-0.3, -0.25) is 0 Å². The molecule has 14 heavy (non-hydrogen) atoms. The summed E-state index contributed by atoms with van der Waals surface area (Å²) in [6.45, 7) is 1.78. The quantitative estimate of drug-likeness (QED) is 0.735. The van der Waals surface area contributed by atoms with Crippen LogP contribution in [0.15, 0.2) is 0 Å². The highest BCUT2D eigenvalue weighted by atomic mass is 35.5. The summed E-state index contributed by atoms with van der Waals surface area (Å²) in [5.74, 6) is 0. The summed E-state index contributed by atoms with van der Waals surface area (Å²) >= 11 is 0. The predicted octanol–water partition coefficient (Wildman–Crippen LogP) is 1.34. The summed E-state index contributed by atoms with van der Waals surface area (Å²) < 4.78 is 4.97. The second-order valence-electron chi connectivity index (χ2n) is 3.56. The first-order valence-electron chi connectivity index (χ1n) is 4.81. The van der Waals surface area contributed by atoms with Crippen LogP contribution in [0.4, 0.5) is 0 Å². The minimum absolute atomic E-state index is 0. The van der Waals surface area contributed by atoms with Gasteiger partial charge in [0.05, 0.1) is 6.61 Å². The fraction of sp³-hybridized carbons (Fsp3) is 1.00. The van der Waals surface area contributed by atoms with Crippen molar-refractivity contribution in [3.63, 3.8) is 0 Å². The van der Waals surface area contributed by atoms with Gasteiger partial charge in [-0.25, -0.2) is 0 Å². The number of nitrogens with two attached hydrogens (primary N) is 1. The summed E-state index contributed by atoms with van der Waals surface area (Å²) in [7, 11) is 1.73. The van der Waals surface area contributed by atoms with Gasteiger partial charge < -0.3 is 15.8 Å². The molecule has 0 aromatic heterocycles. The van der Waals surface area contributed by atoms with Crippen LogP contribution in [0.2, 0.25) is 0 Å². The van der Waals surface area contributed by atoms with Crippen LogP contribution >= 0.6 is 24.8 Å². The molecule has 0 heterocycles. The van der Waals surface area contributed by atoms with E-state index in [-0.39, 0.29) is 24.8 Å². The smallest absolute Gasteiger partial charge is 0.0587 e. The first-order chi connectivity index (χ1) is 5.83. The van der Waals surface area contributed by atoms with E-state index >= 15 is 0 Å². The molecular formula is C9H22Cl2N2O. The van der Waals surface area contributed by atoms with Crippen molar-refractivity contribution < 1.29 is 4.74 Å². The van der Waals surface area contributed by atoms with Crippen LogP contribution in [0.1, 0.15) is 25.7 Å². The molecule has 5 heteroatoms. The maximum atomic E-state index is 5.80. The summed E-state index contributed by atoms with van der Waals surface area (Å²) in [4.78, 5) is 0. The van der Waals surface area contributed by atoms with Gasteiger partial charge in [0, 0.05) is 25.7 Å². The summed E-state index contributed by atoms with van der Waals surface area (Å²) in [6.07, 6.45) is 4.80.